The van der Waals surface area contributed by atoms with E-state index in [1.165, 1.54) is 24.3 Å². The molecular formula is C15H11FN4O4S. The lowest BCUT2D eigenvalue weighted by Gasteiger charge is -2.07. The third-order valence-electron chi connectivity index (χ3n) is 3.41. The molecule has 128 valence electrons. The summed E-state index contributed by atoms with van der Waals surface area (Å²) in [5.41, 5.74) is 0.193. The molecule has 25 heavy (non-hydrogen) atoms. The number of carbonyl (C=O) groups is 1. The molecule has 1 heterocycles. The Balaban J connectivity index is 1.97. The van der Waals surface area contributed by atoms with Gasteiger partial charge in [-0.05, 0) is 41.1 Å². The lowest BCUT2D eigenvalue weighted by Crippen LogP contribution is -2.07. The van der Waals surface area contributed by atoms with Crippen LogP contribution in [-0.4, -0.2) is 40.1 Å². The number of H-pyrrole nitrogens is 1. The van der Waals surface area contributed by atoms with Gasteiger partial charge in [0, 0.05) is 0 Å². The number of aromatic amines is 1. The first kappa shape index (κ1) is 16.7. The normalized spacial score (nSPS) is 11.4. The molecule has 0 bridgehead atoms. The Kier molecular flexibility index (Phi) is 4.28. The van der Waals surface area contributed by atoms with Crippen LogP contribution in [0.15, 0.2) is 47.4 Å². The van der Waals surface area contributed by atoms with Crippen molar-refractivity contribution < 1.29 is 22.7 Å². The number of hydrogen-bond acceptors (Lipinski definition) is 6. The largest absolute Gasteiger partial charge is 0.478 e. The fraction of sp³-hybridized carbons (Fsp3) is 0.0667. The van der Waals surface area contributed by atoms with Crippen LogP contribution in [0.4, 0.5) is 4.39 Å². The summed E-state index contributed by atoms with van der Waals surface area (Å²) < 4.78 is 39.1. The highest BCUT2D eigenvalue weighted by Crippen LogP contribution is 2.24. The van der Waals surface area contributed by atoms with Crippen LogP contribution in [0.2, 0.25) is 0 Å². The van der Waals surface area contributed by atoms with Crippen molar-refractivity contribution in [2.24, 2.45) is 0 Å². The number of halogens is 1. The molecule has 0 aliphatic carbocycles. The second-order valence-corrected chi connectivity index (χ2v) is 7.13. The third-order valence-corrected chi connectivity index (χ3v) is 5.10. The lowest BCUT2D eigenvalue weighted by atomic mass is 10.1. The number of carboxylic acids is 1. The van der Waals surface area contributed by atoms with Crippen LogP contribution >= 0.6 is 0 Å². The first-order chi connectivity index (χ1) is 11.9. The number of aromatic carboxylic acids is 1. The molecule has 2 aromatic carbocycles. The van der Waals surface area contributed by atoms with E-state index in [0.29, 0.717) is 5.56 Å². The van der Waals surface area contributed by atoms with Gasteiger partial charge in [0.15, 0.2) is 9.84 Å². The van der Waals surface area contributed by atoms with Gasteiger partial charge in [-0.2, -0.15) is 5.21 Å². The molecular weight excluding hydrogens is 351 g/mol. The molecule has 0 amide bonds. The standard InChI is InChI=1S/C15H11FN4O4S/c16-13-5-4-11(7-12(13)14-17-19-20-18-14)25(23,24)8-9-2-1-3-10(6-9)15(21)22/h1-7H,8H2,(H,21,22)(H,17,18,19,20). The fourth-order valence-corrected chi connectivity index (χ4v) is 3.60. The van der Waals surface area contributed by atoms with Crippen LogP contribution in [0.5, 0.6) is 0 Å². The summed E-state index contributed by atoms with van der Waals surface area (Å²) in [6, 6.07) is 8.88. The smallest absolute Gasteiger partial charge is 0.335 e. The Morgan fingerprint density at radius 2 is 2.00 bits per heavy atom. The van der Waals surface area contributed by atoms with Gasteiger partial charge in [-0.15, -0.1) is 10.2 Å². The SMILES string of the molecule is O=C(O)c1cccc(CS(=O)(=O)c2ccc(F)c(-c3nn[nH]n3)c2)c1. The minimum absolute atomic E-state index is 0.0145. The van der Waals surface area contributed by atoms with Crippen LogP contribution in [-0.2, 0) is 15.6 Å². The van der Waals surface area contributed by atoms with E-state index in [9.17, 15) is 17.6 Å². The molecule has 0 atom stereocenters. The van der Waals surface area contributed by atoms with Gasteiger partial charge in [0.1, 0.15) is 5.82 Å². The predicted molar refractivity (Wildman–Crippen MR) is 83.9 cm³/mol. The summed E-state index contributed by atoms with van der Waals surface area (Å²) in [6.07, 6.45) is 0. The molecule has 3 aromatic rings. The first-order valence-electron chi connectivity index (χ1n) is 6.95. The number of benzene rings is 2. The fourth-order valence-electron chi connectivity index (χ4n) is 2.24. The minimum Gasteiger partial charge on any atom is -0.478 e. The topological polar surface area (TPSA) is 126 Å². The van der Waals surface area contributed by atoms with Gasteiger partial charge in [-0.25, -0.2) is 17.6 Å². The van der Waals surface area contributed by atoms with Crippen LogP contribution < -0.4 is 0 Å². The molecule has 1 aromatic heterocycles. The summed E-state index contributed by atoms with van der Waals surface area (Å²) in [4.78, 5) is 10.9. The van der Waals surface area contributed by atoms with Crippen molar-refractivity contribution in [1.29, 1.82) is 0 Å². The molecule has 8 nitrogen and oxygen atoms in total. The van der Waals surface area contributed by atoms with Crippen molar-refractivity contribution in [3.63, 3.8) is 0 Å². The highest BCUT2D eigenvalue weighted by Gasteiger charge is 2.20. The van der Waals surface area contributed by atoms with Crippen molar-refractivity contribution in [1.82, 2.24) is 20.6 Å². The summed E-state index contributed by atoms with van der Waals surface area (Å²) >= 11 is 0. The van der Waals surface area contributed by atoms with E-state index in [1.54, 1.807) is 0 Å². The minimum atomic E-state index is -3.83. The van der Waals surface area contributed by atoms with Crippen molar-refractivity contribution in [2.45, 2.75) is 10.6 Å². The molecule has 2 N–H and O–H groups in total. The molecule has 0 saturated carbocycles. The Bertz CT molecular complexity index is 1040. The van der Waals surface area contributed by atoms with E-state index < -0.39 is 27.4 Å². The zero-order valence-corrected chi connectivity index (χ0v) is 13.4. The van der Waals surface area contributed by atoms with Gasteiger partial charge in [0.25, 0.3) is 0 Å². The van der Waals surface area contributed by atoms with Crippen molar-refractivity contribution in [2.75, 3.05) is 0 Å². The molecule has 0 saturated heterocycles. The number of nitrogens with zero attached hydrogens (tertiary/aromatic N) is 3. The molecule has 0 fully saturated rings. The lowest BCUT2D eigenvalue weighted by molar-refractivity contribution is 0.0696. The maximum absolute atomic E-state index is 13.9. The number of rotatable bonds is 5. The summed E-state index contributed by atoms with van der Waals surface area (Å²) in [5, 5.41) is 21.7. The first-order valence-corrected chi connectivity index (χ1v) is 8.60. The van der Waals surface area contributed by atoms with Gasteiger partial charge in [-0.3, -0.25) is 0 Å². The quantitative estimate of drug-likeness (QED) is 0.661. The average molecular weight is 362 g/mol. The van der Waals surface area contributed by atoms with E-state index in [1.807, 2.05) is 0 Å². The molecule has 0 spiro atoms. The van der Waals surface area contributed by atoms with Crippen molar-refractivity contribution in [3.05, 3.63) is 59.4 Å². The molecule has 0 aliphatic heterocycles. The molecule has 10 heteroatoms. The van der Waals surface area contributed by atoms with E-state index in [4.69, 9.17) is 5.11 Å². The zero-order valence-electron chi connectivity index (χ0n) is 12.5. The van der Waals surface area contributed by atoms with Gasteiger partial charge in [-0.1, -0.05) is 12.1 Å². The van der Waals surface area contributed by atoms with Crippen molar-refractivity contribution in [3.8, 4) is 11.4 Å². The Labute approximate surface area is 141 Å². The number of tetrazole rings is 1. The van der Waals surface area contributed by atoms with E-state index in [0.717, 1.165) is 18.2 Å². The maximum atomic E-state index is 13.9. The Morgan fingerprint density at radius 3 is 2.68 bits per heavy atom. The van der Waals surface area contributed by atoms with Gasteiger partial charge >= 0.3 is 5.97 Å². The van der Waals surface area contributed by atoms with Crippen LogP contribution in [0.25, 0.3) is 11.4 Å². The highest BCUT2D eigenvalue weighted by atomic mass is 32.2. The van der Waals surface area contributed by atoms with Gasteiger partial charge in [0.2, 0.25) is 5.82 Å². The number of hydrogen-bond donors (Lipinski definition) is 2. The second-order valence-electron chi connectivity index (χ2n) is 5.14. The third kappa shape index (κ3) is 3.53. The van der Waals surface area contributed by atoms with Crippen LogP contribution in [0, 0.1) is 5.82 Å². The molecule has 0 aliphatic rings. The summed E-state index contributed by atoms with van der Waals surface area (Å²) in [7, 11) is -3.83. The van der Waals surface area contributed by atoms with Crippen LogP contribution in [0.3, 0.4) is 0 Å². The van der Waals surface area contributed by atoms with Crippen molar-refractivity contribution >= 4 is 15.8 Å². The number of aromatic nitrogens is 4. The van der Waals surface area contributed by atoms with E-state index in [2.05, 4.69) is 20.6 Å². The molecule has 3 rings (SSSR count). The second kappa shape index (κ2) is 6.40. The summed E-state index contributed by atoms with van der Waals surface area (Å²) in [6.45, 7) is 0. The average Bonchev–Trinajstić information content (AvgIpc) is 3.09. The Morgan fingerprint density at radius 1 is 1.20 bits per heavy atom. The molecule has 0 unspecified atom stereocenters. The molecule has 0 radical (unpaired) electrons. The van der Waals surface area contributed by atoms with E-state index in [-0.39, 0.29) is 21.8 Å². The predicted octanol–water partition coefficient (Wildman–Crippen LogP) is 1.68. The van der Waals surface area contributed by atoms with Gasteiger partial charge in [0.05, 0.1) is 21.8 Å². The number of nitrogens with one attached hydrogen (secondary N) is 1. The highest BCUT2D eigenvalue weighted by molar-refractivity contribution is 7.90. The van der Waals surface area contributed by atoms with Gasteiger partial charge < -0.3 is 5.11 Å². The van der Waals surface area contributed by atoms with Crippen LogP contribution in [0.1, 0.15) is 15.9 Å². The zero-order chi connectivity index (χ0) is 18.0. The number of sulfone groups is 1. The maximum Gasteiger partial charge on any atom is 0.335 e. The monoisotopic (exact) mass is 362 g/mol. The van der Waals surface area contributed by atoms with E-state index >= 15 is 0 Å². The summed E-state index contributed by atoms with van der Waals surface area (Å²) in [5.74, 6) is -2.33. The number of carboxylic acid groups (broad SMARTS) is 1. The Hall–Kier alpha value is -3.14.